The quantitative estimate of drug-likeness (QED) is 0.528. The van der Waals surface area contributed by atoms with Crippen LogP contribution in [-0.2, 0) is 4.79 Å². The van der Waals surface area contributed by atoms with E-state index in [2.05, 4.69) is 21.9 Å². The second-order valence-electron chi connectivity index (χ2n) is 8.61. The first-order valence-electron chi connectivity index (χ1n) is 11.4. The molecule has 3 aromatic carbocycles. The molecule has 5 nitrogen and oxygen atoms in total. The predicted molar refractivity (Wildman–Crippen MR) is 128 cm³/mol. The molecule has 2 atom stereocenters. The van der Waals surface area contributed by atoms with Gasteiger partial charge >= 0.3 is 0 Å². The molecule has 2 saturated heterocycles. The monoisotopic (exact) mass is 445 g/mol. The Labute approximate surface area is 194 Å². The number of methoxy groups -OCH3 is 1. The number of carbonyl (C=O) groups excluding carboxylic acids is 1. The second-order valence-corrected chi connectivity index (χ2v) is 8.61. The van der Waals surface area contributed by atoms with E-state index in [1.165, 1.54) is 6.07 Å². The summed E-state index contributed by atoms with van der Waals surface area (Å²) in [5, 5.41) is 0. The first-order valence-corrected chi connectivity index (χ1v) is 11.4. The Kier molecular flexibility index (Phi) is 6.01. The zero-order valence-corrected chi connectivity index (χ0v) is 18.7. The highest BCUT2D eigenvalue weighted by atomic mass is 19.1. The lowest BCUT2D eigenvalue weighted by Crippen LogP contribution is -2.60. The maximum absolute atomic E-state index is 14.2. The molecule has 3 aromatic rings. The molecule has 1 amide bonds. The van der Waals surface area contributed by atoms with Gasteiger partial charge < -0.3 is 14.5 Å². The number of para-hydroxylation sites is 2. The molecule has 0 N–H and O–H groups in total. The van der Waals surface area contributed by atoms with Gasteiger partial charge in [-0.1, -0.05) is 42.5 Å². The molecule has 0 saturated carbocycles. The van der Waals surface area contributed by atoms with Gasteiger partial charge in [-0.05, 0) is 42.0 Å². The minimum Gasteiger partial charge on any atom is -0.497 e. The van der Waals surface area contributed by atoms with Crippen molar-refractivity contribution < 1.29 is 13.9 Å². The number of carbonyl (C=O) groups is 1. The minimum absolute atomic E-state index is 0.0181. The summed E-state index contributed by atoms with van der Waals surface area (Å²) in [5.74, 6) is 0.659. The van der Waals surface area contributed by atoms with Gasteiger partial charge in [0, 0.05) is 38.4 Å². The van der Waals surface area contributed by atoms with Crippen molar-refractivity contribution in [1.82, 2.24) is 4.90 Å². The molecular formula is C27H28FN3O2. The van der Waals surface area contributed by atoms with Crippen molar-refractivity contribution in [2.75, 3.05) is 49.6 Å². The van der Waals surface area contributed by atoms with E-state index < -0.39 is 0 Å². The number of piperazine rings is 1. The summed E-state index contributed by atoms with van der Waals surface area (Å²) in [4.78, 5) is 19.6. The Balaban J connectivity index is 1.31. The van der Waals surface area contributed by atoms with Gasteiger partial charge in [0.25, 0.3) is 0 Å². The van der Waals surface area contributed by atoms with Crippen LogP contribution in [0.1, 0.15) is 11.6 Å². The fraction of sp³-hybridized carbons (Fsp3) is 0.296. The third kappa shape index (κ3) is 4.18. The van der Waals surface area contributed by atoms with E-state index in [1.54, 1.807) is 13.2 Å². The van der Waals surface area contributed by atoms with E-state index in [9.17, 15) is 9.18 Å². The van der Waals surface area contributed by atoms with E-state index in [0.29, 0.717) is 12.2 Å². The largest absolute Gasteiger partial charge is 0.497 e. The number of hydrogen-bond acceptors (Lipinski definition) is 4. The molecular weight excluding hydrogens is 417 g/mol. The third-order valence-electron chi connectivity index (χ3n) is 6.73. The molecule has 2 unspecified atom stereocenters. The van der Waals surface area contributed by atoms with Gasteiger partial charge in [0.15, 0.2) is 0 Å². The highest BCUT2D eigenvalue weighted by Gasteiger charge is 2.49. The number of benzene rings is 3. The number of ether oxygens (including phenoxy) is 1. The van der Waals surface area contributed by atoms with E-state index in [-0.39, 0.29) is 23.7 Å². The van der Waals surface area contributed by atoms with Gasteiger partial charge in [-0.25, -0.2) is 4.39 Å². The van der Waals surface area contributed by atoms with Gasteiger partial charge in [-0.3, -0.25) is 9.69 Å². The Morgan fingerprint density at radius 2 is 1.55 bits per heavy atom. The van der Waals surface area contributed by atoms with Gasteiger partial charge in [0.05, 0.1) is 24.8 Å². The van der Waals surface area contributed by atoms with Crippen LogP contribution in [0.4, 0.5) is 15.8 Å². The lowest BCUT2D eigenvalue weighted by molar-refractivity contribution is -0.131. The molecule has 2 fully saturated rings. The zero-order chi connectivity index (χ0) is 22.8. The van der Waals surface area contributed by atoms with Crippen molar-refractivity contribution in [3.63, 3.8) is 0 Å². The number of halogens is 1. The first kappa shape index (κ1) is 21.5. The average Bonchev–Trinajstić information content (AvgIpc) is 2.87. The fourth-order valence-corrected chi connectivity index (χ4v) is 4.94. The molecule has 0 spiro atoms. The summed E-state index contributed by atoms with van der Waals surface area (Å²) in [6.07, 6.45) is 0. The zero-order valence-electron chi connectivity index (χ0n) is 18.7. The van der Waals surface area contributed by atoms with Crippen molar-refractivity contribution in [1.29, 1.82) is 0 Å². The molecule has 33 heavy (non-hydrogen) atoms. The molecule has 0 radical (unpaired) electrons. The molecule has 170 valence electrons. The summed E-state index contributed by atoms with van der Waals surface area (Å²) >= 11 is 0. The SMILES string of the molecule is COc1ccc(C2C(CN3CCN(c4ccccc4F)CC3)C(=O)N2c2ccccc2)cc1. The number of anilines is 2. The van der Waals surface area contributed by atoms with Crippen molar-refractivity contribution in [3.05, 3.63) is 90.2 Å². The van der Waals surface area contributed by atoms with Crippen LogP contribution in [0.25, 0.3) is 0 Å². The van der Waals surface area contributed by atoms with Crippen LogP contribution in [0.5, 0.6) is 5.75 Å². The van der Waals surface area contributed by atoms with E-state index >= 15 is 0 Å². The van der Waals surface area contributed by atoms with Crippen molar-refractivity contribution >= 4 is 17.3 Å². The molecule has 0 aliphatic carbocycles. The summed E-state index contributed by atoms with van der Waals surface area (Å²) in [5.41, 5.74) is 2.68. The number of rotatable bonds is 6. The van der Waals surface area contributed by atoms with E-state index in [1.807, 2.05) is 59.5 Å². The highest BCUT2D eigenvalue weighted by Crippen LogP contribution is 2.44. The van der Waals surface area contributed by atoms with Crippen molar-refractivity contribution in [2.45, 2.75) is 6.04 Å². The average molecular weight is 446 g/mol. The van der Waals surface area contributed by atoms with Gasteiger partial charge in [-0.2, -0.15) is 0 Å². The Bertz CT molecular complexity index is 1100. The van der Waals surface area contributed by atoms with Gasteiger partial charge in [-0.15, -0.1) is 0 Å². The van der Waals surface area contributed by atoms with Gasteiger partial charge in [0.1, 0.15) is 11.6 Å². The molecule has 2 aliphatic rings. The summed E-state index contributed by atoms with van der Waals surface area (Å²) in [7, 11) is 1.65. The molecule has 0 aromatic heterocycles. The predicted octanol–water partition coefficient (Wildman–Crippen LogP) is 4.36. The Morgan fingerprint density at radius 1 is 0.879 bits per heavy atom. The lowest BCUT2D eigenvalue weighted by atomic mass is 9.81. The van der Waals surface area contributed by atoms with Crippen LogP contribution < -0.4 is 14.5 Å². The summed E-state index contributed by atoms with van der Waals surface area (Å²) < 4.78 is 19.5. The lowest BCUT2D eigenvalue weighted by Gasteiger charge is -2.49. The third-order valence-corrected chi connectivity index (χ3v) is 6.73. The molecule has 5 rings (SSSR count). The molecule has 2 heterocycles. The topological polar surface area (TPSA) is 36.0 Å². The van der Waals surface area contributed by atoms with Crippen LogP contribution in [0.2, 0.25) is 0 Å². The smallest absolute Gasteiger partial charge is 0.234 e. The van der Waals surface area contributed by atoms with Gasteiger partial charge in [0.2, 0.25) is 5.91 Å². The Hall–Kier alpha value is -3.38. The van der Waals surface area contributed by atoms with E-state index in [0.717, 1.165) is 43.2 Å². The first-order chi connectivity index (χ1) is 16.2. The fourth-order valence-electron chi connectivity index (χ4n) is 4.94. The normalized spacial score (nSPS) is 21.1. The van der Waals surface area contributed by atoms with Crippen molar-refractivity contribution in [3.8, 4) is 5.75 Å². The van der Waals surface area contributed by atoms with Crippen molar-refractivity contribution in [2.24, 2.45) is 5.92 Å². The molecule has 6 heteroatoms. The Morgan fingerprint density at radius 3 is 2.21 bits per heavy atom. The maximum atomic E-state index is 14.2. The summed E-state index contributed by atoms with van der Waals surface area (Å²) in [6, 6.07) is 24.8. The number of nitrogens with zero attached hydrogens (tertiary/aromatic N) is 3. The van der Waals surface area contributed by atoms with Crippen LogP contribution in [0.3, 0.4) is 0 Å². The van der Waals surface area contributed by atoms with Crippen LogP contribution >= 0.6 is 0 Å². The van der Waals surface area contributed by atoms with Crippen LogP contribution in [0.15, 0.2) is 78.9 Å². The van der Waals surface area contributed by atoms with Crippen LogP contribution in [0, 0.1) is 11.7 Å². The van der Waals surface area contributed by atoms with Crippen LogP contribution in [-0.4, -0.2) is 50.6 Å². The number of amides is 1. The number of hydrogen-bond donors (Lipinski definition) is 0. The highest BCUT2D eigenvalue weighted by molar-refractivity contribution is 6.03. The minimum atomic E-state index is -0.182. The molecule has 2 aliphatic heterocycles. The standard InChI is InChI=1S/C27H28FN3O2/c1-33-22-13-11-20(12-14-22)26-23(27(32)31(26)21-7-3-2-4-8-21)19-29-15-17-30(18-16-29)25-10-6-5-9-24(25)28/h2-14,23,26H,15-19H2,1H3. The summed E-state index contributed by atoms with van der Waals surface area (Å²) in [6.45, 7) is 3.80. The maximum Gasteiger partial charge on any atom is 0.234 e. The number of β-lactam (4-membered cyclic amide) rings is 1. The molecule has 0 bridgehead atoms. The second kappa shape index (κ2) is 9.24. The van der Waals surface area contributed by atoms with E-state index in [4.69, 9.17) is 4.74 Å².